The predicted molar refractivity (Wildman–Crippen MR) is 150 cm³/mol. The van der Waals surface area contributed by atoms with E-state index in [-0.39, 0.29) is 18.8 Å². The normalized spacial score (nSPS) is 12.8. The Balaban J connectivity index is 1.76. The van der Waals surface area contributed by atoms with Crippen LogP contribution in [0.4, 0.5) is 0 Å². The van der Waals surface area contributed by atoms with Gasteiger partial charge < -0.3 is 9.47 Å². The topological polar surface area (TPSA) is 76.4 Å². The van der Waals surface area contributed by atoms with Crippen LogP contribution >= 0.6 is 0 Å². The summed E-state index contributed by atoms with van der Waals surface area (Å²) in [6, 6.07) is 30.3. The lowest BCUT2D eigenvalue weighted by atomic mass is 9.89. The molecular weight excluding hydrogens is 474 g/mol. The minimum Gasteiger partial charge on any atom is -0.462 e. The Kier molecular flexibility index (Phi) is 9.79. The number of carbonyl (C=O) groups excluding carboxylic acids is 2. The minimum absolute atomic E-state index is 0.00190. The van der Waals surface area contributed by atoms with Gasteiger partial charge in [0.2, 0.25) is 0 Å². The highest BCUT2D eigenvalue weighted by molar-refractivity contribution is 6.05. The fourth-order valence-electron chi connectivity index (χ4n) is 3.83. The highest BCUT2D eigenvalue weighted by Crippen LogP contribution is 2.29. The summed E-state index contributed by atoms with van der Waals surface area (Å²) in [5.74, 6) is -1.12. The van der Waals surface area contributed by atoms with Gasteiger partial charge in [0.15, 0.2) is 0 Å². The van der Waals surface area contributed by atoms with Crippen LogP contribution in [0.1, 0.15) is 50.8 Å². The smallest absolute Gasteiger partial charge is 0.349 e. The van der Waals surface area contributed by atoms with Gasteiger partial charge in [0.05, 0.1) is 0 Å². The second-order valence-electron chi connectivity index (χ2n) is 9.53. The third kappa shape index (κ3) is 7.08. The molecular formula is C33H33NO4. The number of hydrogen-bond donors (Lipinski definition) is 0. The number of ether oxygens (including phenoxy) is 2. The quantitative estimate of drug-likeness (QED) is 0.168. The molecule has 0 aromatic heterocycles. The monoisotopic (exact) mass is 507 g/mol. The van der Waals surface area contributed by atoms with E-state index in [9.17, 15) is 14.9 Å². The zero-order valence-corrected chi connectivity index (χ0v) is 22.4. The van der Waals surface area contributed by atoms with E-state index in [1.54, 1.807) is 6.92 Å². The van der Waals surface area contributed by atoms with Crippen molar-refractivity contribution in [1.82, 2.24) is 0 Å². The molecule has 0 spiro atoms. The van der Waals surface area contributed by atoms with Crippen LogP contribution < -0.4 is 0 Å². The van der Waals surface area contributed by atoms with E-state index in [4.69, 9.17) is 9.47 Å². The fraction of sp³-hybridized carbons (Fsp3) is 0.242. The first-order valence-electron chi connectivity index (χ1n) is 12.6. The molecule has 0 N–H and O–H groups in total. The second-order valence-corrected chi connectivity index (χ2v) is 9.53. The average Bonchev–Trinajstić information content (AvgIpc) is 2.97. The molecule has 194 valence electrons. The maximum atomic E-state index is 13.2. The van der Waals surface area contributed by atoms with E-state index in [0.29, 0.717) is 17.6 Å². The Hall–Kier alpha value is -4.43. The fourth-order valence-corrected chi connectivity index (χ4v) is 3.83. The molecule has 1 unspecified atom stereocenters. The number of esters is 2. The Morgan fingerprint density at radius 1 is 0.737 bits per heavy atom. The van der Waals surface area contributed by atoms with Gasteiger partial charge in [-0.15, -0.1) is 0 Å². The summed E-state index contributed by atoms with van der Waals surface area (Å²) in [5, 5.41) is 9.98. The summed E-state index contributed by atoms with van der Waals surface area (Å²) in [7, 11) is 0. The highest BCUT2D eigenvalue weighted by atomic mass is 16.5. The van der Waals surface area contributed by atoms with Crippen LogP contribution in [0, 0.1) is 16.7 Å². The third-order valence-corrected chi connectivity index (χ3v) is 6.72. The summed E-state index contributed by atoms with van der Waals surface area (Å²) >= 11 is 0. The Labute approximate surface area is 225 Å². The van der Waals surface area contributed by atoms with Crippen molar-refractivity contribution in [1.29, 1.82) is 5.26 Å². The number of rotatable bonds is 10. The molecule has 0 aliphatic rings. The lowest BCUT2D eigenvalue weighted by Crippen LogP contribution is -2.31. The van der Waals surface area contributed by atoms with Gasteiger partial charge in [-0.3, -0.25) is 0 Å². The van der Waals surface area contributed by atoms with Crippen molar-refractivity contribution >= 4 is 23.1 Å². The first-order chi connectivity index (χ1) is 18.3. The molecule has 0 amide bonds. The molecule has 0 aliphatic heterocycles. The van der Waals surface area contributed by atoms with E-state index in [0.717, 1.165) is 22.3 Å². The maximum absolute atomic E-state index is 13.2. The molecule has 0 saturated heterocycles. The van der Waals surface area contributed by atoms with Crippen molar-refractivity contribution in [3.63, 3.8) is 0 Å². The maximum Gasteiger partial charge on any atom is 0.349 e. The predicted octanol–water partition coefficient (Wildman–Crippen LogP) is 7.01. The van der Waals surface area contributed by atoms with Crippen LogP contribution in [-0.2, 0) is 19.1 Å². The molecule has 0 aliphatic carbocycles. The zero-order chi connectivity index (χ0) is 27.5. The molecule has 5 heteroatoms. The van der Waals surface area contributed by atoms with E-state index < -0.39 is 17.4 Å². The van der Waals surface area contributed by atoms with Crippen molar-refractivity contribution in [2.45, 2.75) is 34.1 Å². The number of nitrogens with zero attached hydrogens (tertiary/aromatic N) is 1. The molecule has 1 atom stereocenters. The molecule has 3 aromatic rings. The first-order valence-corrected chi connectivity index (χ1v) is 12.6. The lowest BCUT2D eigenvalue weighted by Gasteiger charge is -2.27. The largest absolute Gasteiger partial charge is 0.462 e. The molecule has 0 saturated carbocycles. The number of hydrogen-bond acceptors (Lipinski definition) is 5. The van der Waals surface area contributed by atoms with Crippen LogP contribution in [0.15, 0.2) is 102 Å². The van der Waals surface area contributed by atoms with Gasteiger partial charge in [-0.25, -0.2) is 9.59 Å². The molecule has 0 fully saturated rings. The van der Waals surface area contributed by atoms with Gasteiger partial charge in [-0.05, 0) is 42.5 Å². The SMILES string of the molecule is CCC(C)(COC(=O)C(C)=C(C)c1ccccc1)COC(=O)C(C#N)=C(c1ccccc1)c1ccccc1. The molecule has 0 heterocycles. The van der Waals surface area contributed by atoms with Crippen molar-refractivity contribution in [2.75, 3.05) is 13.2 Å². The first kappa shape index (κ1) is 28.1. The molecule has 3 rings (SSSR count). The van der Waals surface area contributed by atoms with Crippen LogP contribution in [0.3, 0.4) is 0 Å². The number of benzene rings is 3. The van der Waals surface area contributed by atoms with Crippen molar-refractivity contribution in [3.8, 4) is 6.07 Å². The minimum atomic E-state index is -0.711. The van der Waals surface area contributed by atoms with Gasteiger partial charge in [0.25, 0.3) is 0 Å². The van der Waals surface area contributed by atoms with Crippen LogP contribution in [0.2, 0.25) is 0 Å². The highest BCUT2D eigenvalue weighted by Gasteiger charge is 2.29. The van der Waals surface area contributed by atoms with Crippen LogP contribution in [0.25, 0.3) is 11.1 Å². The molecule has 0 bridgehead atoms. The summed E-state index contributed by atoms with van der Waals surface area (Å²) in [5.41, 5.74) is 3.64. The zero-order valence-electron chi connectivity index (χ0n) is 22.4. The molecule has 0 radical (unpaired) electrons. The van der Waals surface area contributed by atoms with Gasteiger partial charge in [-0.1, -0.05) is 105 Å². The van der Waals surface area contributed by atoms with Crippen LogP contribution in [-0.4, -0.2) is 25.2 Å². The third-order valence-electron chi connectivity index (χ3n) is 6.72. The average molecular weight is 508 g/mol. The Morgan fingerprint density at radius 2 is 1.16 bits per heavy atom. The number of allylic oxidation sites excluding steroid dienone is 1. The molecule has 3 aromatic carbocycles. The molecule has 38 heavy (non-hydrogen) atoms. The molecule has 5 nitrogen and oxygen atoms in total. The standard InChI is InChI=1S/C33H33NO4/c1-5-33(4,22-37-31(35)25(3)24(2)26-15-9-6-10-16-26)23-38-32(36)29(21-34)30(27-17-11-7-12-18-27)28-19-13-8-14-20-28/h6-20H,5,22-23H2,1-4H3. The Morgan fingerprint density at radius 3 is 1.58 bits per heavy atom. The van der Waals surface area contributed by atoms with Gasteiger partial charge in [0, 0.05) is 16.6 Å². The van der Waals surface area contributed by atoms with Crippen molar-refractivity contribution < 1.29 is 19.1 Å². The number of nitriles is 1. The van der Waals surface area contributed by atoms with Crippen molar-refractivity contribution in [3.05, 3.63) is 119 Å². The summed E-state index contributed by atoms with van der Waals surface area (Å²) in [6.45, 7) is 7.54. The van der Waals surface area contributed by atoms with Gasteiger partial charge in [0.1, 0.15) is 24.9 Å². The number of carbonyl (C=O) groups is 2. The lowest BCUT2D eigenvalue weighted by molar-refractivity contribution is -0.148. The van der Waals surface area contributed by atoms with Crippen molar-refractivity contribution in [2.24, 2.45) is 5.41 Å². The second kappa shape index (κ2) is 13.2. The van der Waals surface area contributed by atoms with Gasteiger partial charge >= 0.3 is 11.9 Å². The summed E-state index contributed by atoms with van der Waals surface area (Å²) < 4.78 is 11.3. The van der Waals surface area contributed by atoms with Gasteiger partial charge in [-0.2, -0.15) is 5.26 Å². The van der Waals surface area contributed by atoms with E-state index in [1.165, 1.54) is 0 Å². The van der Waals surface area contributed by atoms with E-state index in [1.807, 2.05) is 112 Å². The van der Waals surface area contributed by atoms with E-state index in [2.05, 4.69) is 6.07 Å². The summed E-state index contributed by atoms with van der Waals surface area (Å²) in [4.78, 5) is 26.0. The Bertz CT molecular complexity index is 1310. The van der Waals surface area contributed by atoms with E-state index >= 15 is 0 Å². The van der Waals surface area contributed by atoms with Crippen LogP contribution in [0.5, 0.6) is 0 Å². The summed E-state index contributed by atoms with van der Waals surface area (Å²) in [6.07, 6.45) is 0.601.